The molecule has 24 heavy (non-hydrogen) atoms. The number of aromatic nitrogens is 2. The molecule has 0 atom stereocenters. The number of morpholine rings is 1. The average Bonchev–Trinajstić information content (AvgIpc) is 3.02. The van der Waals surface area contributed by atoms with E-state index in [0.29, 0.717) is 5.69 Å². The maximum Gasteiger partial charge on any atom is 0.176 e. The van der Waals surface area contributed by atoms with Gasteiger partial charge in [-0.05, 0) is 30.3 Å². The number of carbonyl (C=O) groups excluding carboxylic acids is 1. The molecule has 1 aliphatic heterocycles. The highest BCUT2D eigenvalue weighted by Gasteiger charge is 2.17. The fourth-order valence-electron chi connectivity index (χ4n) is 3.20. The number of carbonyl (C=O) groups is 1. The van der Waals surface area contributed by atoms with Gasteiger partial charge < -0.3 is 14.0 Å². The molecule has 3 aromatic rings. The van der Waals surface area contributed by atoms with Crippen LogP contribution >= 0.6 is 0 Å². The van der Waals surface area contributed by atoms with Crippen LogP contribution < -0.4 is 4.90 Å². The van der Waals surface area contributed by atoms with Crippen LogP contribution in [0.15, 0.2) is 48.8 Å². The second-order valence-electron chi connectivity index (χ2n) is 5.95. The van der Waals surface area contributed by atoms with Crippen LogP contribution in [0.4, 0.5) is 5.69 Å². The van der Waals surface area contributed by atoms with Gasteiger partial charge in [0.25, 0.3) is 0 Å². The van der Waals surface area contributed by atoms with Crippen molar-refractivity contribution in [3.63, 3.8) is 0 Å². The summed E-state index contributed by atoms with van der Waals surface area (Å²) >= 11 is 0. The molecule has 0 spiro atoms. The Kier molecular flexibility index (Phi) is 3.78. The normalized spacial score (nSPS) is 15.0. The molecule has 1 saturated heterocycles. The van der Waals surface area contributed by atoms with E-state index < -0.39 is 0 Å². The smallest absolute Gasteiger partial charge is 0.176 e. The van der Waals surface area contributed by atoms with Gasteiger partial charge in [0.2, 0.25) is 0 Å². The lowest BCUT2D eigenvalue weighted by molar-refractivity contribution is 0.101. The Balaban J connectivity index is 1.88. The lowest BCUT2D eigenvalue weighted by Gasteiger charge is -2.29. The molecule has 0 unspecified atom stereocenters. The minimum atomic E-state index is 0.0475. The minimum absolute atomic E-state index is 0.0475. The third-order valence-corrected chi connectivity index (χ3v) is 4.43. The molecular formula is C19H19N3O2. The van der Waals surface area contributed by atoms with Crippen LogP contribution in [0.25, 0.3) is 16.8 Å². The molecule has 4 rings (SSSR count). The maximum atomic E-state index is 12.0. The molecule has 4 heterocycles. The number of hydrogen-bond donors (Lipinski definition) is 0. The van der Waals surface area contributed by atoms with Gasteiger partial charge in [-0.3, -0.25) is 9.78 Å². The van der Waals surface area contributed by atoms with Crippen LogP contribution in [0.5, 0.6) is 0 Å². The van der Waals surface area contributed by atoms with Crippen molar-refractivity contribution in [3.8, 4) is 11.3 Å². The van der Waals surface area contributed by atoms with Crippen molar-refractivity contribution in [2.75, 3.05) is 31.2 Å². The molecule has 122 valence electrons. The second-order valence-corrected chi connectivity index (χ2v) is 5.95. The molecule has 3 aromatic heterocycles. The first-order chi connectivity index (χ1) is 11.7. The summed E-state index contributed by atoms with van der Waals surface area (Å²) in [4.78, 5) is 18.8. The molecular weight excluding hydrogens is 302 g/mol. The van der Waals surface area contributed by atoms with Crippen LogP contribution in [-0.4, -0.2) is 41.5 Å². The highest BCUT2D eigenvalue weighted by Crippen LogP contribution is 2.30. The van der Waals surface area contributed by atoms with Crippen molar-refractivity contribution in [2.24, 2.45) is 0 Å². The van der Waals surface area contributed by atoms with E-state index in [-0.39, 0.29) is 5.78 Å². The number of ketones is 1. The van der Waals surface area contributed by atoms with Crippen LogP contribution in [0.2, 0.25) is 0 Å². The quantitative estimate of drug-likeness (QED) is 0.696. The van der Waals surface area contributed by atoms with Crippen LogP contribution in [-0.2, 0) is 4.74 Å². The summed E-state index contributed by atoms with van der Waals surface area (Å²) in [7, 11) is 0. The van der Waals surface area contributed by atoms with Crippen molar-refractivity contribution in [3.05, 3.63) is 54.5 Å². The molecule has 0 bridgehead atoms. The Morgan fingerprint density at radius 1 is 1.17 bits per heavy atom. The van der Waals surface area contributed by atoms with Gasteiger partial charge in [-0.2, -0.15) is 0 Å². The summed E-state index contributed by atoms with van der Waals surface area (Å²) in [5.74, 6) is 0.0475. The van der Waals surface area contributed by atoms with Gasteiger partial charge in [-0.15, -0.1) is 0 Å². The third kappa shape index (κ3) is 2.57. The molecule has 0 saturated carbocycles. The van der Waals surface area contributed by atoms with Crippen LogP contribution in [0, 0.1) is 0 Å². The van der Waals surface area contributed by atoms with E-state index in [4.69, 9.17) is 4.74 Å². The summed E-state index contributed by atoms with van der Waals surface area (Å²) < 4.78 is 7.39. The average molecular weight is 321 g/mol. The molecule has 1 aliphatic rings. The number of anilines is 1. The van der Waals surface area contributed by atoms with Gasteiger partial charge in [0.15, 0.2) is 5.78 Å². The first-order valence-corrected chi connectivity index (χ1v) is 8.14. The Morgan fingerprint density at radius 2 is 2.00 bits per heavy atom. The molecule has 0 radical (unpaired) electrons. The summed E-state index contributed by atoms with van der Waals surface area (Å²) in [6.45, 7) is 4.86. The molecule has 5 nitrogen and oxygen atoms in total. The number of fused-ring (bicyclic) bond motifs is 1. The number of rotatable bonds is 3. The SMILES string of the molecule is CC(=O)c1cc(-c2ccccn2)c2cc(N3CCOCC3)ccn12. The van der Waals surface area contributed by atoms with Gasteiger partial charge in [-0.1, -0.05) is 6.07 Å². The molecule has 1 fully saturated rings. The largest absolute Gasteiger partial charge is 0.378 e. The standard InChI is InChI=1S/C19H19N3O2/c1-14(23)18-13-16(17-4-2-3-6-20-17)19-12-15(5-7-22(18)19)21-8-10-24-11-9-21/h2-7,12-13H,8-11H2,1H3. The predicted molar refractivity (Wildman–Crippen MR) is 93.7 cm³/mol. The third-order valence-electron chi connectivity index (χ3n) is 4.43. The number of Topliss-reactive ketones (excluding diaryl/α,β-unsaturated/α-hetero) is 1. The molecule has 0 aromatic carbocycles. The first kappa shape index (κ1) is 14.9. The number of hydrogen-bond acceptors (Lipinski definition) is 4. The van der Waals surface area contributed by atoms with E-state index in [0.717, 1.165) is 48.8 Å². The van der Waals surface area contributed by atoms with Gasteiger partial charge in [0.05, 0.1) is 30.1 Å². The fourth-order valence-corrected chi connectivity index (χ4v) is 3.20. The second kappa shape index (κ2) is 6.09. The highest BCUT2D eigenvalue weighted by atomic mass is 16.5. The summed E-state index contributed by atoms with van der Waals surface area (Å²) in [6.07, 6.45) is 3.75. The van der Waals surface area contributed by atoms with Gasteiger partial charge in [-0.25, -0.2) is 0 Å². The van der Waals surface area contributed by atoms with Crippen LogP contribution in [0.3, 0.4) is 0 Å². The summed E-state index contributed by atoms with van der Waals surface area (Å²) in [5, 5.41) is 0. The van der Waals surface area contributed by atoms with Crippen molar-refractivity contribution >= 4 is 17.0 Å². The van der Waals surface area contributed by atoms with Gasteiger partial charge in [0.1, 0.15) is 0 Å². The number of pyridine rings is 2. The monoisotopic (exact) mass is 321 g/mol. The zero-order chi connectivity index (χ0) is 16.5. The molecule has 5 heteroatoms. The van der Waals surface area contributed by atoms with E-state index in [1.807, 2.05) is 34.9 Å². The predicted octanol–water partition coefficient (Wildman–Crippen LogP) is 3.04. The molecule has 0 N–H and O–H groups in total. The minimum Gasteiger partial charge on any atom is -0.378 e. The molecule has 0 amide bonds. The van der Waals surface area contributed by atoms with E-state index in [2.05, 4.69) is 22.0 Å². The zero-order valence-electron chi connectivity index (χ0n) is 13.6. The number of nitrogens with zero attached hydrogens (tertiary/aromatic N) is 3. The lowest BCUT2D eigenvalue weighted by Crippen LogP contribution is -2.36. The lowest BCUT2D eigenvalue weighted by atomic mass is 10.1. The van der Waals surface area contributed by atoms with Gasteiger partial charge >= 0.3 is 0 Å². The van der Waals surface area contributed by atoms with E-state index in [1.165, 1.54) is 0 Å². The Labute approximate surface area is 140 Å². The Morgan fingerprint density at radius 3 is 2.71 bits per heavy atom. The van der Waals surface area contributed by atoms with Gasteiger partial charge in [0, 0.05) is 43.7 Å². The van der Waals surface area contributed by atoms with Crippen molar-refractivity contribution in [2.45, 2.75) is 6.92 Å². The topological polar surface area (TPSA) is 46.8 Å². The summed E-state index contributed by atoms with van der Waals surface area (Å²) in [6, 6.07) is 12.0. The Hall–Kier alpha value is -2.66. The highest BCUT2D eigenvalue weighted by molar-refractivity contribution is 5.98. The van der Waals surface area contributed by atoms with Crippen molar-refractivity contribution in [1.82, 2.24) is 9.38 Å². The number of ether oxygens (including phenoxy) is 1. The fraction of sp³-hybridized carbons (Fsp3) is 0.263. The Bertz CT molecular complexity index is 880. The van der Waals surface area contributed by atoms with E-state index in [9.17, 15) is 4.79 Å². The van der Waals surface area contributed by atoms with Crippen molar-refractivity contribution in [1.29, 1.82) is 0 Å². The summed E-state index contributed by atoms with van der Waals surface area (Å²) in [5.41, 5.74) is 4.69. The van der Waals surface area contributed by atoms with Crippen molar-refractivity contribution < 1.29 is 9.53 Å². The van der Waals surface area contributed by atoms with E-state index >= 15 is 0 Å². The maximum absolute atomic E-state index is 12.0. The molecule has 0 aliphatic carbocycles. The van der Waals surface area contributed by atoms with Crippen LogP contribution in [0.1, 0.15) is 17.4 Å². The van der Waals surface area contributed by atoms with E-state index in [1.54, 1.807) is 13.1 Å². The zero-order valence-corrected chi connectivity index (χ0v) is 13.6. The first-order valence-electron chi connectivity index (χ1n) is 8.14.